The van der Waals surface area contributed by atoms with Crippen LogP contribution in [-0.4, -0.2) is 29.1 Å². The number of cyclic esters (lactones) is 1. The minimum Gasteiger partial charge on any atom is -0.462 e. The van der Waals surface area contributed by atoms with Crippen LogP contribution < -0.4 is 0 Å². The lowest BCUT2D eigenvalue weighted by Crippen LogP contribution is -2.37. The highest BCUT2D eigenvalue weighted by atomic mass is 16.5. The molecule has 28 heavy (non-hydrogen) atoms. The van der Waals surface area contributed by atoms with E-state index < -0.39 is 6.10 Å². The van der Waals surface area contributed by atoms with Gasteiger partial charge < -0.3 is 9.84 Å². The number of esters is 1. The van der Waals surface area contributed by atoms with Crippen molar-refractivity contribution in [2.75, 3.05) is 0 Å². The number of ether oxygens (including phenoxy) is 1. The van der Waals surface area contributed by atoms with E-state index in [2.05, 4.69) is 32.1 Å². The van der Waals surface area contributed by atoms with E-state index in [1.807, 2.05) is 6.92 Å². The molecule has 3 rings (SSSR count). The van der Waals surface area contributed by atoms with Crippen LogP contribution in [0.15, 0.2) is 23.8 Å². The molecule has 1 saturated heterocycles. The molecule has 7 atom stereocenters. The van der Waals surface area contributed by atoms with E-state index >= 15 is 0 Å². The van der Waals surface area contributed by atoms with E-state index in [9.17, 15) is 14.7 Å². The molecule has 0 aromatic carbocycles. The molecule has 0 aromatic rings. The topological polar surface area (TPSA) is 63.6 Å². The molecule has 0 amide bonds. The van der Waals surface area contributed by atoms with Crippen LogP contribution in [0, 0.1) is 29.6 Å². The van der Waals surface area contributed by atoms with Gasteiger partial charge in [0, 0.05) is 18.8 Å². The van der Waals surface area contributed by atoms with Crippen molar-refractivity contribution in [2.45, 2.75) is 84.3 Å². The van der Waals surface area contributed by atoms with Gasteiger partial charge in [0.1, 0.15) is 11.9 Å². The van der Waals surface area contributed by atoms with Gasteiger partial charge in [-0.2, -0.15) is 0 Å². The molecule has 4 heteroatoms. The van der Waals surface area contributed by atoms with Gasteiger partial charge in [-0.3, -0.25) is 9.59 Å². The molecule has 6 unspecified atom stereocenters. The molecule has 1 aliphatic heterocycles. The van der Waals surface area contributed by atoms with Crippen LogP contribution in [0.2, 0.25) is 0 Å². The van der Waals surface area contributed by atoms with Crippen molar-refractivity contribution in [2.24, 2.45) is 29.6 Å². The molecule has 0 bridgehead atoms. The Morgan fingerprint density at radius 1 is 1.36 bits per heavy atom. The Hall–Kier alpha value is -1.42. The van der Waals surface area contributed by atoms with Crippen LogP contribution in [0.3, 0.4) is 0 Å². The smallest absolute Gasteiger partial charge is 0.308 e. The van der Waals surface area contributed by atoms with Gasteiger partial charge in [0.2, 0.25) is 0 Å². The average Bonchev–Trinajstić information content (AvgIpc) is 2.66. The summed E-state index contributed by atoms with van der Waals surface area (Å²) in [6, 6.07) is 0. The van der Waals surface area contributed by atoms with Crippen LogP contribution >= 0.6 is 0 Å². The lowest BCUT2D eigenvalue weighted by molar-refractivity contribution is -0.160. The number of aliphatic hydroxyl groups excluding tert-OH is 1. The van der Waals surface area contributed by atoms with Crippen molar-refractivity contribution in [3.63, 3.8) is 0 Å². The molecule has 156 valence electrons. The van der Waals surface area contributed by atoms with Crippen molar-refractivity contribution in [1.82, 2.24) is 0 Å². The zero-order valence-corrected chi connectivity index (χ0v) is 17.6. The van der Waals surface area contributed by atoms with Gasteiger partial charge in [-0.15, -0.1) is 0 Å². The Morgan fingerprint density at radius 2 is 2.14 bits per heavy atom. The van der Waals surface area contributed by atoms with Crippen molar-refractivity contribution < 1.29 is 19.4 Å². The lowest BCUT2D eigenvalue weighted by atomic mass is 9.62. The Bertz CT molecular complexity index is 635. The monoisotopic (exact) mass is 388 g/mol. The number of Topliss-reactive ketones (excluding diaryl/α,β-unsaturated/α-hetero) is 1. The molecule has 0 aromatic heterocycles. The van der Waals surface area contributed by atoms with Crippen LogP contribution in [-0.2, 0) is 14.3 Å². The van der Waals surface area contributed by atoms with E-state index in [0.29, 0.717) is 42.3 Å². The summed E-state index contributed by atoms with van der Waals surface area (Å²) in [5, 5.41) is 9.88. The second-order valence-electron chi connectivity index (χ2n) is 9.21. The minimum atomic E-state index is -0.569. The summed E-state index contributed by atoms with van der Waals surface area (Å²) in [6.07, 6.45) is 12.4. The van der Waals surface area contributed by atoms with E-state index in [4.69, 9.17) is 4.74 Å². The van der Waals surface area contributed by atoms with Gasteiger partial charge >= 0.3 is 5.97 Å². The van der Waals surface area contributed by atoms with Crippen LogP contribution in [0.4, 0.5) is 0 Å². The molecule has 1 N–H and O–H groups in total. The third-order valence-corrected chi connectivity index (χ3v) is 7.22. The molecular formula is C24H36O4. The largest absolute Gasteiger partial charge is 0.462 e. The standard InChI is InChI=1S/C24H36O4/c1-4-15(2)22(26)12-18-7-5-6-17-9-8-16(3)21(24(17)18)11-10-20-13-19(25)14-23(27)28-20/h6,8-9,15-16,18-21,24-25H,4-5,7,10-14H2,1-3H3/t15?,16?,18-,19?,20?,21?,24?/m1/s1. The fraction of sp³-hybridized carbons (Fsp3) is 0.750. The number of carbonyl (C=O) groups is 2. The van der Waals surface area contributed by atoms with Crippen molar-refractivity contribution >= 4 is 11.8 Å². The molecule has 0 saturated carbocycles. The molecule has 4 nitrogen and oxygen atoms in total. The van der Waals surface area contributed by atoms with Gasteiger partial charge in [0.15, 0.2) is 0 Å². The highest BCUT2D eigenvalue weighted by Gasteiger charge is 2.39. The first-order valence-corrected chi connectivity index (χ1v) is 11.2. The van der Waals surface area contributed by atoms with Gasteiger partial charge in [-0.05, 0) is 61.3 Å². The zero-order chi connectivity index (χ0) is 20.3. The van der Waals surface area contributed by atoms with Crippen LogP contribution in [0.1, 0.15) is 72.1 Å². The SMILES string of the molecule is CCC(C)C(=O)C[C@H]1CCC=C2C=CC(C)C(CCC3CC(O)CC(=O)O3)C21. The van der Waals surface area contributed by atoms with Crippen molar-refractivity contribution in [3.8, 4) is 0 Å². The van der Waals surface area contributed by atoms with E-state index in [1.165, 1.54) is 5.57 Å². The maximum atomic E-state index is 12.7. The van der Waals surface area contributed by atoms with Crippen LogP contribution in [0.25, 0.3) is 0 Å². The number of rotatable bonds is 7. The zero-order valence-electron chi connectivity index (χ0n) is 17.6. The van der Waals surface area contributed by atoms with E-state index in [-0.39, 0.29) is 24.4 Å². The molecule has 0 spiro atoms. The minimum absolute atomic E-state index is 0.119. The first kappa shape index (κ1) is 21.3. The number of allylic oxidation sites excluding steroid dienone is 4. The number of hydrogen-bond donors (Lipinski definition) is 1. The molecule has 3 aliphatic rings. The Balaban J connectivity index is 1.70. The van der Waals surface area contributed by atoms with E-state index in [0.717, 1.165) is 32.1 Å². The summed E-state index contributed by atoms with van der Waals surface area (Å²) < 4.78 is 5.47. The lowest BCUT2D eigenvalue weighted by Gasteiger charge is -2.43. The van der Waals surface area contributed by atoms with Gasteiger partial charge in [-0.25, -0.2) is 0 Å². The Labute approximate surface area is 169 Å². The molecule has 0 radical (unpaired) electrons. The van der Waals surface area contributed by atoms with Gasteiger partial charge in [0.05, 0.1) is 12.5 Å². The third kappa shape index (κ3) is 4.94. The number of fused-ring (bicyclic) bond motifs is 1. The summed E-state index contributed by atoms with van der Waals surface area (Å²) in [6.45, 7) is 6.40. The fourth-order valence-corrected chi connectivity index (χ4v) is 5.34. The average molecular weight is 389 g/mol. The third-order valence-electron chi connectivity index (χ3n) is 7.22. The summed E-state index contributed by atoms with van der Waals surface area (Å²) in [5.74, 6) is 2.02. The van der Waals surface area contributed by atoms with Crippen molar-refractivity contribution in [3.05, 3.63) is 23.8 Å². The summed E-state index contributed by atoms with van der Waals surface area (Å²) in [7, 11) is 0. The molecule has 1 fully saturated rings. The highest BCUT2D eigenvalue weighted by molar-refractivity contribution is 5.81. The van der Waals surface area contributed by atoms with Crippen LogP contribution in [0.5, 0.6) is 0 Å². The summed E-state index contributed by atoms with van der Waals surface area (Å²) >= 11 is 0. The number of ketones is 1. The first-order valence-electron chi connectivity index (χ1n) is 11.2. The fourth-order valence-electron chi connectivity index (χ4n) is 5.34. The Kier molecular flexibility index (Phi) is 7.14. The van der Waals surface area contributed by atoms with Gasteiger partial charge in [0.25, 0.3) is 0 Å². The Morgan fingerprint density at radius 3 is 2.86 bits per heavy atom. The number of aliphatic hydroxyl groups is 1. The second-order valence-corrected chi connectivity index (χ2v) is 9.21. The van der Waals surface area contributed by atoms with E-state index in [1.54, 1.807) is 0 Å². The maximum Gasteiger partial charge on any atom is 0.308 e. The molecule has 1 heterocycles. The molecular weight excluding hydrogens is 352 g/mol. The number of hydrogen-bond acceptors (Lipinski definition) is 4. The molecule has 2 aliphatic carbocycles. The van der Waals surface area contributed by atoms with Gasteiger partial charge in [-0.1, -0.05) is 39.0 Å². The highest BCUT2D eigenvalue weighted by Crippen LogP contribution is 2.47. The maximum absolute atomic E-state index is 12.7. The first-order chi connectivity index (χ1) is 13.4. The predicted molar refractivity (Wildman–Crippen MR) is 110 cm³/mol. The normalized spacial score (nSPS) is 36.3. The predicted octanol–water partition coefficient (Wildman–Crippen LogP) is 4.61. The summed E-state index contributed by atoms with van der Waals surface area (Å²) in [4.78, 5) is 24.3. The second kappa shape index (κ2) is 9.39. The van der Waals surface area contributed by atoms with Crippen molar-refractivity contribution in [1.29, 1.82) is 0 Å². The number of carbonyl (C=O) groups excluding carboxylic acids is 2. The quantitative estimate of drug-likeness (QED) is 0.647. The summed E-state index contributed by atoms with van der Waals surface area (Å²) in [5.41, 5.74) is 1.40.